The van der Waals surface area contributed by atoms with Crippen LogP contribution in [0.5, 0.6) is 0 Å². The number of likely N-dealkylation sites (tertiary alicyclic amines) is 1. The van der Waals surface area contributed by atoms with Gasteiger partial charge in [0.1, 0.15) is 0 Å². The van der Waals surface area contributed by atoms with Gasteiger partial charge in [-0.05, 0) is 38.4 Å². The number of hydrogen-bond acceptors (Lipinski definition) is 4. The van der Waals surface area contributed by atoms with Crippen LogP contribution in [0.25, 0.3) is 0 Å². The molecular weight excluding hydrogens is 262 g/mol. The quantitative estimate of drug-likeness (QED) is 0.639. The van der Waals surface area contributed by atoms with E-state index in [9.17, 15) is 14.4 Å². The fraction of sp³-hybridized carbons (Fsp3) is 0.615. The lowest BCUT2D eigenvalue weighted by Crippen LogP contribution is -2.47. The number of carbonyl (C=O) groups excluding carboxylic acids is 2. The average Bonchev–Trinajstić information content (AvgIpc) is 2.38. The Morgan fingerprint density at radius 3 is 2.40 bits per heavy atom. The van der Waals surface area contributed by atoms with E-state index in [0.717, 1.165) is 32.0 Å². The standard InChI is InChI=1S/C13H21N3O4/c1-13(5-7-16(2)8-6-13)9-14-12(20)15-10(17)3-4-11(18)19/h3-4H,5-9H2,1-2H3,(H,18,19)(H2,14,15,17,20)/b4-3+. The van der Waals surface area contributed by atoms with Crippen LogP contribution in [-0.4, -0.2) is 54.6 Å². The highest BCUT2D eigenvalue weighted by atomic mass is 16.4. The highest BCUT2D eigenvalue weighted by molar-refractivity contribution is 6.02. The van der Waals surface area contributed by atoms with Crippen molar-refractivity contribution < 1.29 is 19.5 Å². The van der Waals surface area contributed by atoms with Crippen LogP contribution in [-0.2, 0) is 9.59 Å². The zero-order chi connectivity index (χ0) is 15.2. The van der Waals surface area contributed by atoms with Crippen LogP contribution in [0.4, 0.5) is 4.79 Å². The lowest BCUT2D eigenvalue weighted by molar-refractivity contribution is -0.131. The minimum atomic E-state index is -1.24. The lowest BCUT2D eigenvalue weighted by atomic mass is 9.80. The van der Waals surface area contributed by atoms with Crippen LogP contribution < -0.4 is 10.6 Å². The van der Waals surface area contributed by atoms with Crippen molar-refractivity contribution in [1.82, 2.24) is 15.5 Å². The number of amides is 3. The Labute approximate surface area is 118 Å². The number of carboxylic acid groups (broad SMARTS) is 1. The van der Waals surface area contributed by atoms with Crippen molar-refractivity contribution in [2.24, 2.45) is 5.41 Å². The summed E-state index contributed by atoms with van der Waals surface area (Å²) in [6, 6.07) is -0.606. The highest BCUT2D eigenvalue weighted by Gasteiger charge is 2.29. The molecule has 20 heavy (non-hydrogen) atoms. The fourth-order valence-corrected chi connectivity index (χ4v) is 1.97. The summed E-state index contributed by atoms with van der Waals surface area (Å²) in [6.45, 7) is 4.56. The summed E-state index contributed by atoms with van der Waals surface area (Å²) in [5, 5.41) is 13.1. The zero-order valence-corrected chi connectivity index (χ0v) is 11.8. The van der Waals surface area contributed by atoms with Crippen molar-refractivity contribution in [2.75, 3.05) is 26.7 Å². The van der Waals surface area contributed by atoms with Crippen molar-refractivity contribution in [2.45, 2.75) is 19.8 Å². The number of carboxylic acids is 1. The molecule has 1 heterocycles. The van der Waals surface area contributed by atoms with Crippen molar-refractivity contribution in [1.29, 1.82) is 0 Å². The number of hydrogen-bond donors (Lipinski definition) is 3. The maximum atomic E-state index is 11.5. The van der Waals surface area contributed by atoms with Gasteiger partial charge in [0.25, 0.3) is 5.91 Å². The number of urea groups is 1. The lowest BCUT2D eigenvalue weighted by Gasteiger charge is -2.37. The first-order valence-electron chi connectivity index (χ1n) is 6.49. The van der Waals surface area contributed by atoms with Gasteiger partial charge in [-0.15, -0.1) is 0 Å². The van der Waals surface area contributed by atoms with Gasteiger partial charge in [0.15, 0.2) is 0 Å². The predicted octanol–water partition coefficient (Wildman–Crippen LogP) is 0.185. The first-order chi connectivity index (χ1) is 9.31. The predicted molar refractivity (Wildman–Crippen MR) is 73.2 cm³/mol. The van der Waals surface area contributed by atoms with E-state index in [2.05, 4.69) is 29.5 Å². The number of nitrogens with zero attached hydrogens (tertiary/aromatic N) is 1. The largest absolute Gasteiger partial charge is 0.478 e. The molecule has 0 saturated carbocycles. The van der Waals surface area contributed by atoms with Crippen molar-refractivity contribution in [3.8, 4) is 0 Å². The van der Waals surface area contributed by atoms with Gasteiger partial charge in [-0.2, -0.15) is 0 Å². The Balaban J connectivity index is 2.32. The van der Waals surface area contributed by atoms with Crippen LogP contribution >= 0.6 is 0 Å². The molecule has 112 valence electrons. The molecule has 1 fully saturated rings. The molecule has 0 atom stereocenters. The van der Waals surface area contributed by atoms with Gasteiger partial charge in [-0.3, -0.25) is 10.1 Å². The second kappa shape index (κ2) is 7.04. The van der Waals surface area contributed by atoms with Crippen LogP contribution in [0.1, 0.15) is 19.8 Å². The maximum absolute atomic E-state index is 11.5. The summed E-state index contributed by atoms with van der Waals surface area (Å²) in [5.41, 5.74) is 0.0315. The third kappa shape index (κ3) is 5.83. The van der Waals surface area contributed by atoms with Crippen molar-refractivity contribution in [3.05, 3.63) is 12.2 Å². The summed E-state index contributed by atoms with van der Waals surface area (Å²) in [6.07, 6.45) is 3.45. The van der Waals surface area contributed by atoms with Crippen LogP contribution in [0.2, 0.25) is 0 Å². The first-order valence-corrected chi connectivity index (χ1v) is 6.49. The van der Waals surface area contributed by atoms with Gasteiger partial charge < -0.3 is 15.3 Å². The summed E-state index contributed by atoms with van der Waals surface area (Å²) in [5.74, 6) is -1.99. The topological polar surface area (TPSA) is 98.7 Å². The first kappa shape index (κ1) is 16.2. The minimum Gasteiger partial charge on any atom is -0.478 e. The van der Waals surface area contributed by atoms with E-state index in [0.29, 0.717) is 12.6 Å². The summed E-state index contributed by atoms with van der Waals surface area (Å²) < 4.78 is 0. The number of carbonyl (C=O) groups is 3. The zero-order valence-electron chi connectivity index (χ0n) is 11.8. The molecular formula is C13H21N3O4. The Hall–Kier alpha value is -1.89. The molecule has 1 saturated heterocycles. The molecule has 0 aromatic carbocycles. The van der Waals surface area contributed by atoms with Crippen molar-refractivity contribution in [3.63, 3.8) is 0 Å². The van der Waals surface area contributed by atoms with E-state index in [1.54, 1.807) is 0 Å². The van der Waals surface area contributed by atoms with E-state index < -0.39 is 17.9 Å². The van der Waals surface area contributed by atoms with Gasteiger partial charge in [-0.25, -0.2) is 9.59 Å². The van der Waals surface area contributed by atoms with Gasteiger partial charge in [-0.1, -0.05) is 6.92 Å². The molecule has 3 amide bonds. The Morgan fingerprint density at radius 1 is 1.25 bits per heavy atom. The Bertz CT molecular complexity index is 412. The number of rotatable bonds is 4. The molecule has 1 rings (SSSR count). The van der Waals surface area contributed by atoms with E-state index in [-0.39, 0.29) is 5.41 Å². The number of piperidine rings is 1. The summed E-state index contributed by atoms with van der Waals surface area (Å²) >= 11 is 0. The SMILES string of the molecule is CN1CCC(C)(CNC(=O)NC(=O)/C=C/C(=O)O)CC1. The number of aliphatic carboxylic acids is 1. The molecule has 0 bridgehead atoms. The summed E-state index contributed by atoms with van der Waals surface area (Å²) in [4.78, 5) is 35.2. The van der Waals surface area contributed by atoms with E-state index in [1.165, 1.54) is 0 Å². The average molecular weight is 283 g/mol. The van der Waals surface area contributed by atoms with Crippen LogP contribution in [0.3, 0.4) is 0 Å². The molecule has 0 unspecified atom stereocenters. The molecule has 0 radical (unpaired) electrons. The second-order valence-electron chi connectivity index (χ2n) is 5.46. The smallest absolute Gasteiger partial charge is 0.328 e. The van der Waals surface area contributed by atoms with Gasteiger partial charge in [0, 0.05) is 18.7 Å². The van der Waals surface area contributed by atoms with Gasteiger partial charge in [0.05, 0.1) is 0 Å². The molecule has 1 aliphatic heterocycles. The van der Waals surface area contributed by atoms with Gasteiger partial charge in [0.2, 0.25) is 0 Å². The molecule has 0 aliphatic carbocycles. The van der Waals surface area contributed by atoms with Crippen LogP contribution in [0.15, 0.2) is 12.2 Å². The summed E-state index contributed by atoms with van der Waals surface area (Å²) in [7, 11) is 2.06. The monoisotopic (exact) mass is 283 g/mol. The van der Waals surface area contributed by atoms with E-state index >= 15 is 0 Å². The normalized spacial score (nSPS) is 18.7. The molecule has 1 aliphatic rings. The van der Waals surface area contributed by atoms with E-state index in [1.807, 2.05) is 0 Å². The van der Waals surface area contributed by atoms with Crippen molar-refractivity contribution >= 4 is 17.9 Å². The minimum absolute atomic E-state index is 0.0315. The molecule has 0 spiro atoms. The molecule has 0 aromatic heterocycles. The molecule has 0 aromatic rings. The molecule has 7 heteroatoms. The number of imide groups is 1. The van der Waals surface area contributed by atoms with E-state index in [4.69, 9.17) is 5.11 Å². The fourth-order valence-electron chi connectivity index (χ4n) is 1.97. The highest BCUT2D eigenvalue weighted by Crippen LogP contribution is 2.29. The number of nitrogens with one attached hydrogen (secondary N) is 2. The Morgan fingerprint density at radius 2 is 1.85 bits per heavy atom. The third-order valence-corrected chi connectivity index (χ3v) is 3.48. The maximum Gasteiger partial charge on any atom is 0.328 e. The van der Waals surface area contributed by atoms with Gasteiger partial charge >= 0.3 is 12.0 Å². The molecule has 3 N–H and O–H groups in total. The molecule has 7 nitrogen and oxygen atoms in total. The third-order valence-electron chi connectivity index (χ3n) is 3.48. The Kier molecular flexibility index (Phi) is 5.69. The van der Waals surface area contributed by atoms with Crippen LogP contribution in [0, 0.1) is 5.41 Å². The second-order valence-corrected chi connectivity index (χ2v) is 5.46.